The van der Waals surface area contributed by atoms with Crippen LogP contribution in [-0.4, -0.2) is 13.1 Å². The van der Waals surface area contributed by atoms with Gasteiger partial charge < -0.3 is 4.74 Å². The van der Waals surface area contributed by atoms with E-state index in [2.05, 4.69) is 11.3 Å². The van der Waals surface area contributed by atoms with Gasteiger partial charge in [-0.1, -0.05) is 29.8 Å². The van der Waals surface area contributed by atoms with E-state index in [1.54, 1.807) is 18.2 Å². The number of benzene rings is 1. The first-order chi connectivity index (χ1) is 7.17. The van der Waals surface area contributed by atoms with E-state index in [-0.39, 0.29) is 11.9 Å². The largest absolute Gasteiger partial charge is 0.469 e. The molecule has 0 aliphatic carbocycles. The molecule has 1 rings (SSSR count). The van der Waals surface area contributed by atoms with Crippen molar-refractivity contribution >= 4 is 17.6 Å². The van der Waals surface area contributed by atoms with Crippen LogP contribution in [0.2, 0.25) is 5.02 Å². The molecule has 3 heteroatoms. The lowest BCUT2D eigenvalue weighted by Gasteiger charge is -2.11. The minimum Gasteiger partial charge on any atom is -0.469 e. The van der Waals surface area contributed by atoms with Gasteiger partial charge in [0.1, 0.15) is 0 Å². The maximum Gasteiger partial charge on any atom is 0.306 e. The zero-order chi connectivity index (χ0) is 11.3. The van der Waals surface area contributed by atoms with Crippen LogP contribution in [0.25, 0.3) is 0 Å². The lowest BCUT2D eigenvalue weighted by Crippen LogP contribution is -2.06. The molecule has 1 aromatic carbocycles. The molecule has 1 aromatic rings. The number of methoxy groups -OCH3 is 1. The number of allylic oxidation sites excluding steroid dienone is 1. The fourth-order valence-electron chi connectivity index (χ4n) is 1.31. The molecule has 0 bridgehead atoms. The van der Waals surface area contributed by atoms with Gasteiger partial charge in [0.2, 0.25) is 0 Å². The number of rotatable bonds is 4. The molecule has 0 aliphatic heterocycles. The third kappa shape index (κ3) is 3.40. The lowest BCUT2D eigenvalue weighted by atomic mass is 9.96. The normalized spacial score (nSPS) is 11.9. The molecule has 0 fully saturated rings. The summed E-state index contributed by atoms with van der Waals surface area (Å²) < 4.78 is 4.61. The van der Waals surface area contributed by atoms with E-state index in [1.165, 1.54) is 7.11 Å². The van der Waals surface area contributed by atoms with Gasteiger partial charge in [0, 0.05) is 10.9 Å². The van der Waals surface area contributed by atoms with Crippen molar-refractivity contribution in [3.05, 3.63) is 47.5 Å². The van der Waals surface area contributed by atoms with Crippen molar-refractivity contribution in [2.24, 2.45) is 0 Å². The average Bonchev–Trinajstić information content (AvgIpc) is 2.27. The third-order valence-corrected chi connectivity index (χ3v) is 2.45. The fourth-order valence-corrected chi connectivity index (χ4v) is 1.44. The summed E-state index contributed by atoms with van der Waals surface area (Å²) >= 11 is 5.78. The van der Waals surface area contributed by atoms with Crippen LogP contribution >= 0.6 is 11.6 Å². The number of hydrogen-bond acceptors (Lipinski definition) is 2. The van der Waals surface area contributed by atoms with Gasteiger partial charge in [-0.25, -0.2) is 0 Å². The highest BCUT2D eigenvalue weighted by atomic mass is 35.5. The molecule has 0 spiro atoms. The van der Waals surface area contributed by atoms with Crippen LogP contribution in [0.5, 0.6) is 0 Å². The monoisotopic (exact) mass is 224 g/mol. The maximum atomic E-state index is 11.1. The Balaban J connectivity index is 2.78. The van der Waals surface area contributed by atoms with Gasteiger partial charge >= 0.3 is 5.97 Å². The number of carbonyl (C=O) groups is 1. The van der Waals surface area contributed by atoms with E-state index in [4.69, 9.17) is 11.6 Å². The number of halogens is 1. The second-order valence-corrected chi connectivity index (χ2v) is 3.61. The van der Waals surface area contributed by atoms with E-state index in [0.29, 0.717) is 11.4 Å². The molecule has 0 saturated carbocycles. The predicted molar refractivity (Wildman–Crippen MR) is 61.0 cm³/mol. The van der Waals surface area contributed by atoms with Crippen LogP contribution in [0.3, 0.4) is 0 Å². The van der Waals surface area contributed by atoms with Crippen LogP contribution in [0, 0.1) is 0 Å². The Kier molecular flexibility index (Phi) is 4.37. The highest BCUT2D eigenvalue weighted by Crippen LogP contribution is 2.22. The predicted octanol–water partition coefficient (Wildman–Crippen LogP) is 3.17. The summed E-state index contributed by atoms with van der Waals surface area (Å²) in [5, 5.41) is 0.680. The van der Waals surface area contributed by atoms with E-state index < -0.39 is 0 Å². The zero-order valence-corrected chi connectivity index (χ0v) is 9.33. The Morgan fingerprint density at radius 2 is 2.13 bits per heavy atom. The molecule has 0 N–H and O–H groups in total. The van der Waals surface area contributed by atoms with Crippen molar-refractivity contribution in [1.82, 2.24) is 0 Å². The van der Waals surface area contributed by atoms with Gasteiger partial charge in [-0.3, -0.25) is 4.79 Å². The Morgan fingerprint density at radius 1 is 1.53 bits per heavy atom. The molecule has 0 aliphatic rings. The smallest absolute Gasteiger partial charge is 0.306 e. The minimum absolute atomic E-state index is 0.0188. The molecule has 0 amide bonds. The van der Waals surface area contributed by atoms with Gasteiger partial charge in [0.15, 0.2) is 0 Å². The quantitative estimate of drug-likeness (QED) is 0.580. The van der Waals surface area contributed by atoms with Gasteiger partial charge in [-0.15, -0.1) is 6.58 Å². The molecule has 0 unspecified atom stereocenters. The third-order valence-electron chi connectivity index (χ3n) is 2.20. The number of carbonyl (C=O) groups excluding carboxylic acids is 1. The summed E-state index contributed by atoms with van der Waals surface area (Å²) in [6.45, 7) is 3.71. The van der Waals surface area contributed by atoms with Crippen molar-refractivity contribution in [2.45, 2.75) is 12.3 Å². The molecule has 0 heterocycles. The molecule has 15 heavy (non-hydrogen) atoms. The molecule has 2 nitrogen and oxygen atoms in total. The Labute approximate surface area is 94.5 Å². The van der Waals surface area contributed by atoms with Crippen LogP contribution in [-0.2, 0) is 9.53 Å². The Bertz CT molecular complexity index is 343. The lowest BCUT2D eigenvalue weighted by molar-refractivity contribution is -0.140. The number of esters is 1. The SMILES string of the molecule is C=C[C@H](CC(=O)OC)c1ccc(Cl)cc1. The Hall–Kier alpha value is -1.28. The summed E-state index contributed by atoms with van der Waals surface area (Å²) in [7, 11) is 1.38. The molecular weight excluding hydrogens is 212 g/mol. The topological polar surface area (TPSA) is 26.3 Å². The second-order valence-electron chi connectivity index (χ2n) is 3.17. The van der Waals surface area contributed by atoms with Crippen molar-refractivity contribution < 1.29 is 9.53 Å². The van der Waals surface area contributed by atoms with Crippen LogP contribution in [0.15, 0.2) is 36.9 Å². The van der Waals surface area contributed by atoms with Crippen molar-refractivity contribution in [1.29, 1.82) is 0 Å². The van der Waals surface area contributed by atoms with Crippen molar-refractivity contribution in [3.8, 4) is 0 Å². The van der Waals surface area contributed by atoms with Crippen molar-refractivity contribution in [2.75, 3.05) is 7.11 Å². The molecular formula is C12H13ClO2. The van der Waals surface area contributed by atoms with E-state index in [9.17, 15) is 4.79 Å². The summed E-state index contributed by atoms with van der Waals surface area (Å²) in [4.78, 5) is 11.1. The first-order valence-corrected chi connectivity index (χ1v) is 5.00. The first-order valence-electron chi connectivity index (χ1n) is 4.62. The summed E-state index contributed by atoms with van der Waals surface area (Å²) in [5.74, 6) is -0.260. The van der Waals surface area contributed by atoms with E-state index in [0.717, 1.165) is 5.56 Å². The first kappa shape index (κ1) is 11.8. The summed E-state index contributed by atoms with van der Waals surface area (Å²) in [6.07, 6.45) is 2.04. The second kappa shape index (κ2) is 5.56. The molecule has 0 aromatic heterocycles. The van der Waals surface area contributed by atoms with Crippen molar-refractivity contribution in [3.63, 3.8) is 0 Å². The van der Waals surface area contributed by atoms with Crippen LogP contribution in [0.1, 0.15) is 17.9 Å². The van der Waals surface area contributed by atoms with Crippen LogP contribution < -0.4 is 0 Å². The average molecular weight is 225 g/mol. The highest BCUT2D eigenvalue weighted by molar-refractivity contribution is 6.30. The van der Waals surface area contributed by atoms with E-state index >= 15 is 0 Å². The maximum absolute atomic E-state index is 11.1. The van der Waals surface area contributed by atoms with Gasteiger partial charge in [0.05, 0.1) is 13.5 Å². The van der Waals surface area contributed by atoms with Gasteiger partial charge in [-0.05, 0) is 17.7 Å². The molecule has 1 atom stereocenters. The molecule has 0 radical (unpaired) electrons. The molecule has 80 valence electrons. The highest BCUT2D eigenvalue weighted by Gasteiger charge is 2.12. The number of ether oxygens (including phenoxy) is 1. The Morgan fingerprint density at radius 3 is 2.60 bits per heavy atom. The van der Waals surface area contributed by atoms with Crippen LogP contribution in [0.4, 0.5) is 0 Å². The zero-order valence-electron chi connectivity index (χ0n) is 8.57. The van der Waals surface area contributed by atoms with E-state index in [1.807, 2.05) is 12.1 Å². The standard InChI is InChI=1S/C12H13ClO2/c1-3-9(8-12(14)15-2)10-4-6-11(13)7-5-10/h3-7,9H,1,8H2,2H3/t9-/m1/s1. The van der Waals surface area contributed by atoms with Gasteiger partial charge in [0.25, 0.3) is 0 Å². The number of hydrogen-bond donors (Lipinski definition) is 0. The fraction of sp³-hybridized carbons (Fsp3) is 0.250. The summed E-state index contributed by atoms with van der Waals surface area (Å²) in [6, 6.07) is 7.37. The molecule has 0 saturated heterocycles. The minimum atomic E-state index is -0.241. The van der Waals surface area contributed by atoms with Gasteiger partial charge in [-0.2, -0.15) is 0 Å². The summed E-state index contributed by atoms with van der Waals surface area (Å²) in [5.41, 5.74) is 1.01.